The standard InChI is InChI=1S/C24H37N3O6S/c1-17(2)23(24(29)25-14-19-6-4-12-32-19)27(16-20-7-5-13-33-20)22(28)15-26-34(30,31)21-10-8-18(3)9-11-21/h8-11,17,19-20,23,26H,4-7,12-16H2,1-3H3,(H,25,29)/t19-,20+,23-/m1/s1. The number of carbonyl (C=O) groups excluding carboxylic acids is 2. The van der Waals surface area contributed by atoms with E-state index in [1.54, 1.807) is 12.1 Å². The van der Waals surface area contributed by atoms with Crippen LogP contribution in [-0.4, -0.2) is 76.2 Å². The lowest BCUT2D eigenvalue weighted by atomic mass is 10.00. The van der Waals surface area contributed by atoms with Crippen LogP contribution in [0.1, 0.15) is 45.1 Å². The highest BCUT2D eigenvalue weighted by atomic mass is 32.2. The molecule has 0 spiro atoms. The molecule has 1 aromatic carbocycles. The predicted molar refractivity (Wildman–Crippen MR) is 128 cm³/mol. The van der Waals surface area contributed by atoms with Crippen LogP contribution in [0.25, 0.3) is 0 Å². The molecule has 2 N–H and O–H groups in total. The number of ether oxygens (including phenoxy) is 2. The summed E-state index contributed by atoms with van der Waals surface area (Å²) in [5.41, 5.74) is 0.937. The van der Waals surface area contributed by atoms with Gasteiger partial charge in [-0.3, -0.25) is 9.59 Å². The van der Waals surface area contributed by atoms with Gasteiger partial charge in [0.05, 0.1) is 23.6 Å². The van der Waals surface area contributed by atoms with Gasteiger partial charge in [-0.25, -0.2) is 13.1 Å². The summed E-state index contributed by atoms with van der Waals surface area (Å²) in [5.74, 6) is -0.904. The van der Waals surface area contributed by atoms with Crippen LogP contribution < -0.4 is 10.0 Å². The molecular weight excluding hydrogens is 458 g/mol. The number of carbonyl (C=O) groups is 2. The lowest BCUT2D eigenvalue weighted by molar-refractivity contribution is -0.143. The number of aryl methyl sites for hydroxylation is 1. The first kappa shape index (κ1) is 26.6. The molecule has 9 nitrogen and oxygen atoms in total. The van der Waals surface area contributed by atoms with Gasteiger partial charge in [-0.1, -0.05) is 31.5 Å². The van der Waals surface area contributed by atoms with E-state index in [1.807, 2.05) is 20.8 Å². The Hall–Kier alpha value is -2.01. The molecule has 2 heterocycles. The highest BCUT2D eigenvalue weighted by molar-refractivity contribution is 7.89. The van der Waals surface area contributed by atoms with E-state index in [2.05, 4.69) is 10.0 Å². The van der Waals surface area contributed by atoms with E-state index in [1.165, 1.54) is 17.0 Å². The van der Waals surface area contributed by atoms with E-state index >= 15 is 0 Å². The molecule has 0 bridgehead atoms. The van der Waals surface area contributed by atoms with Gasteiger partial charge in [-0.05, 0) is 50.7 Å². The van der Waals surface area contributed by atoms with Crippen molar-refractivity contribution in [3.8, 4) is 0 Å². The van der Waals surface area contributed by atoms with Gasteiger partial charge in [0, 0.05) is 26.3 Å². The summed E-state index contributed by atoms with van der Waals surface area (Å²) in [7, 11) is -3.87. The Labute approximate surface area is 202 Å². The Balaban J connectivity index is 1.71. The second kappa shape index (κ2) is 12.1. The third-order valence-corrected chi connectivity index (χ3v) is 7.67. The molecule has 0 aromatic heterocycles. The van der Waals surface area contributed by atoms with Gasteiger partial charge in [0.1, 0.15) is 6.04 Å². The lowest BCUT2D eigenvalue weighted by Gasteiger charge is -2.35. The van der Waals surface area contributed by atoms with Crippen LogP contribution in [0, 0.1) is 12.8 Å². The number of amides is 2. The number of hydrogen-bond acceptors (Lipinski definition) is 6. The molecule has 10 heteroatoms. The van der Waals surface area contributed by atoms with Gasteiger partial charge in [0.2, 0.25) is 21.8 Å². The second-order valence-electron chi connectivity index (χ2n) is 9.39. The lowest BCUT2D eigenvalue weighted by Crippen LogP contribution is -2.56. The molecule has 0 radical (unpaired) electrons. The topological polar surface area (TPSA) is 114 Å². The molecule has 0 aliphatic carbocycles. The average Bonchev–Trinajstić information content (AvgIpc) is 3.50. The molecule has 2 aliphatic heterocycles. The Morgan fingerprint density at radius 3 is 2.24 bits per heavy atom. The maximum absolute atomic E-state index is 13.3. The van der Waals surface area contributed by atoms with E-state index in [9.17, 15) is 18.0 Å². The van der Waals surface area contributed by atoms with Crippen molar-refractivity contribution < 1.29 is 27.5 Å². The third-order valence-electron chi connectivity index (χ3n) is 6.25. The van der Waals surface area contributed by atoms with Crippen LogP contribution in [-0.2, 0) is 29.1 Å². The molecule has 190 valence electrons. The minimum atomic E-state index is -3.87. The largest absolute Gasteiger partial charge is 0.376 e. The van der Waals surface area contributed by atoms with Gasteiger partial charge in [0.25, 0.3) is 0 Å². The zero-order valence-electron chi connectivity index (χ0n) is 20.3. The zero-order valence-corrected chi connectivity index (χ0v) is 21.1. The maximum atomic E-state index is 13.3. The Kier molecular flexibility index (Phi) is 9.47. The van der Waals surface area contributed by atoms with E-state index in [0.29, 0.717) is 19.8 Å². The van der Waals surface area contributed by atoms with Crippen molar-refractivity contribution >= 4 is 21.8 Å². The number of nitrogens with one attached hydrogen (secondary N) is 2. The third kappa shape index (κ3) is 7.24. The number of rotatable bonds is 11. The molecule has 2 amide bonds. The van der Waals surface area contributed by atoms with Crippen LogP contribution in [0.5, 0.6) is 0 Å². The fourth-order valence-corrected chi connectivity index (χ4v) is 5.34. The quantitative estimate of drug-likeness (QED) is 0.482. The van der Waals surface area contributed by atoms with Crippen molar-refractivity contribution in [2.45, 2.75) is 69.6 Å². The number of benzene rings is 1. The highest BCUT2D eigenvalue weighted by Gasteiger charge is 2.35. The van der Waals surface area contributed by atoms with E-state index in [4.69, 9.17) is 9.47 Å². The van der Waals surface area contributed by atoms with Gasteiger partial charge in [0.15, 0.2) is 0 Å². The fourth-order valence-electron chi connectivity index (χ4n) is 4.37. The number of sulfonamides is 1. The summed E-state index contributed by atoms with van der Waals surface area (Å²) >= 11 is 0. The van der Waals surface area contributed by atoms with Crippen LogP contribution in [0.2, 0.25) is 0 Å². The van der Waals surface area contributed by atoms with Crippen molar-refractivity contribution in [3.05, 3.63) is 29.8 Å². The van der Waals surface area contributed by atoms with E-state index in [-0.39, 0.29) is 35.5 Å². The number of nitrogens with zero attached hydrogens (tertiary/aromatic N) is 1. The molecule has 0 saturated carbocycles. The Bertz CT molecular complexity index is 923. The van der Waals surface area contributed by atoms with Crippen molar-refractivity contribution in [1.29, 1.82) is 0 Å². The first-order valence-electron chi connectivity index (χ1n) is 12.0. The molecular formula is C24H37N3O6S. The van der Waals surface area contributed by atoms with Crippen LogP contribution in [0.15, 0.2) is 29.2 Å². The van der Waals surface area contributed by atoms with Gasteiger partial charge in [-0.2, -0.15) is 0 Å². The first-order chi connectivity index (χ1) is 16.2. The summed E-state index contributed by atoms with van der Waals surface area (Å²) in [6.07, 6.45) is 3.36. The molecule has 2 aliphatic rings. The average molecular weight is 496 g/mol. The smallest absolute Gasteiger partial charge is 0.243 e. The summed E-state index contributed by atoms with van der Waals surface area (Å²) < 4.78 is 39.1. The predicted octanol–water partition coefficient (Wildman–Crippen LogP) is 1.60. The fraction of sp³-hybridized carbons (Fsp3) is 0.667. The number of hydrogen-bond donors (Lipinski definition) is 2. The van der Waals surface area contributed by atoms with E-state index < -0.39 is 28.5 Å². The van der Waals surface area contributed by atoms with E-state index in [0.717, 1.165) is 31.2 Å². The molecule has 3 atom stereocenters. The minimum Gasteiger partial charge on any atom is -0.376 e. The van der Waals surface area contributed by atoms with Crippen molar-refractivity contribution in [2.24, 2.45) is 5.92 Å². The van der Waals surface area contributed by atoms with Gasteiger partial charge >= 0.3 is 0 Å². The Morgan fingerprint density at radius 1 is 1.06 bits per heavy atom. The minimum absolute atomic E-state index is 0.0135. The summed E-state index contributed by atoms with van der Waals surface area (Å²) in [6.45, 7) is 7.12. The summed E-state index contributed by atoms with van der Waals surface area (Å²) in [4.78, 5) is 28.1. The highest BCUT2D eigenvalue weighted by Crippen LogP contribution is 2.19. The molecule has 3 rings (SSSR count). The molecule has 2 saturated heterocycles. The molecule has 34 heavy (non-hydrogen) atoms. The zero-order chi connectivity index (χ0) is 24.7. The normalized spacial score (nSPS) is 21.5. The van der Waals surface area contributed by atoms with Crippen LogP contribution in [0.3, 0.4) is 0 Å². The van der Waals surface area contributed by atoms with Gasteiger partial charge < -0.3 is 19.7 Å². The van der Waals surface area contributed by atoms with Crippen LogP contribution in [0.4, 0.5) is 0 Å². The van der Waals surface area contributed by atoms with Crippen LogP contribution >= 0.6 is 0 Å². The van der Waals surface area contributed by atoms with Gasteiger partial charge in [-0.15, -0.1) is 0 Å². The SMILES string of the molecule is Cc1ccc(S(=O)(=O)NCC(=O)N(C[C@@H]2CCCO2)[C@@H](C(=O)NC[C@H]2CCCO2)C(C)C)cc1. The second-order valence-corrected chi connectivity index (χ2v) is 11.2. The molecule has 0 unspecified atom stereocenters. The summed E-state index contributed by atoms with van der Waals surface area (Å²) in [6, 6.07) is 5.66. The molecule has 1 aromatic rings. The van der Waals surface area contributed by atoms with Crippen molar-refractivity contribution in [1.82, 2.24) is 14.9 Å². The van der Waals surface area contributed by atoms with Crippen molar-refractivity contribution in [2.75, 3.05) is 32.8 Å². The maximum Gasteiger partial charge on any atom is 0.243 e. The first-order valence-corrected chi connectivity index (χ1v) is 13.5. The monoisotopic (exact) mass is 495 g/mol. The molecule has 2 fully saturated rings. The summed E-state index contributed by atoms with van der Waals surface area (Å²) in [5, 5.41) is 2.93. The Morgan fingerprint density at radius 2 is 1.68 bits per heavy atom. The van der Waals surface area contributed by atoms with Crippen molar-refractivity contribution in [3.63, 3.8) is 0 Å².